The van der Waals surface area contributed by atoms with Crippen LogP contribution in [0.4, 0.5) is 5.69 Å². The standard InChI is InChI=1S/C12H18Br2N2O3S/c1-2-8(3-4-17)7-16-20(18,19)12-10(13)5-9(15)6-11(12)14/h5-6,8,16-17H,2-4,7,15H2,1H3. The van der Waals surface area contributed by atoms with Gasteiger partial charge in [0.1, 0.15) is 4.90 Å². The molecular formula is C12H18Br2N2O3S. The summed E-state index contributed by atoms with van der Waals surface area (Å²) in [6, 6.07) is 3.09. The minimum absolute atomic E-state index is 0.0511. The zero-order valence-corrected chi connectivity index (χ0v) is 15.1. The van der Waals surface area contributed by atoms with Crippen LogP contribution < -0.4 is 10.5 Å². The Balaban J connectivity index is 2.95. The van der Waals surface area contributed by atoms with E-state index in [1.807, 2.05) is 6.92 Å². The second kappa shape index (κ2) is 7.74. The zero-order chi connectivity index (χ0) is 15.3. The van der Waals surface area contributed by atoms with Crippen molar-refractivity contribution >= 4 is 47.6 Å². The Kier molecular flexibility index (Phi) is 6.93. The van der Waals surface area contributed by atoms with Crippen LogP contribution in [0.5, 0.6) is 0 Å². The summed E-state index contributed by atoms with van der Waals surface area (Å²) in [5, 5.41) is 8.93. The molecule has 8 heteroatoms. The van der Waals surface area contributed by atoms with E-state index >= 15 is 0 Å². The van der Waals surface area contributed by atoms with Crippen molar-refractivity contribution < 1.29 is 13.5 Å². The number of hydrogen-bond acceptors (Lipinski definition) is 4. The van der Waals surface area contributed by atoms with Crippen molar-refractivity contribution in [3.63, 3.8) is 0 Å². The summed E-state index contributed by atoms with van der Waals surface area (Å²) in [7, 11) is -3.64. The summed E-state index contributed by atoms with van der Waals surface area (Å²) in [5.41, 5.74) is 6.12. The normalized spacial score (nSPS) is 13.4. The highest BCUT2D eigenvalue weighted by Crippen LogP contribution is 2.32. The molecule has 1 rings (SSSR count). The highest BCUT2D eigenvalue weighted by Gasteiger charge is 2.22. The molecule has 114 valence electrons. The molecule has 0 amide bonds. The van der Waals surface area contributed by atoms with Crippen LogP contribution in [0.1, 0.15) is 19.8 Å². The van der Waals surface area contributed by atoms with Crippen molar-refractivity contribution in [3.05, 3.63) is 21.1 Å². The fourth-order valence-electron chi connectivity index (χ4n) is 1.77. The van der Waals surface area contributed by atoms with Crippen LogP contribution in [-0.4, -0.2) is 26.7 Å². The predicted octanol–water partition coefficient (Wildman–Crippen LogP) is 2.48. The molecule has 0 saturated carbocycles. The molecule has 0 aliphatic rings. The Morgan fingerprint density at radius 1 is 1.35 bits per heavy atom. The van der Waals surface area contributed by atoms with Gasteiger partial charge >= 0.3 is 0 Å². The van der Waals surface area contributed by atoms with Gasteiger partial charge in [0.2, 0.25) is 10.0 Å². The Labute approximate surface area is 136 Å². The number of nitrogens with two attached hydrogens (primary N) is 1. The first kappa shape index (κ1) is 17.9. The molecule has 20 heavy (non-hydrogen) atoms. The predicted molar refractivity (Wildman–Crippen MR) is 86.9 cm³/mol. The summed E-state index contributed by atoms with van der Waals surface area (Å²) < 4.78 is 28.1. The second-order valence-corrected chi connectivity index (χ2v) is 7.86. The van der Waals surface area contributed by atoms with Crippen molar-refractivity contribution in [2.75, 3.05) is 18.9 Å². The van der Waals surface area contributed by atoms with Gasteiger partial charge in [-0.15, -0.1) is 0 Å². The maximum absolute atomic E-state index is 12.3. The minimum Gasteiger partial charge on any atom is -0.399 e. The van der Waals surface area contributed by atoms with E-state index in [1.165, 1.54) is 0 Å². The van der Waals surface area contributed by atoms with Crippen molar-refractivity contribution in [3.8, 4) is 0 Å². The highest BCUT2D eigenvalue weighted by molar-refractivity contribution is 9.11. The van der Waals surface area contributed by atoms with Gasteiger partial charge in [0, 0.05) is 27.8 Å². The van der Waals surface area contributed by atoms with Gasteiger partial charge in [0.25, 0.3) is 0 Å². The molecular weight excluding hydrogens is 412 g/mol. The maximum atomic E-state index is 12.3. The Bertz CT molecular complexity index is 541. The topological polar surface area (TPSA) is 92.4 Å². The largest absolute Gasteiger partial charge is 0.399 e. The Hall–Kier alpha value is -0.150. The smallest absolute Gasteiger partial charge is 0.242 e. The molecule has 0 saturated heterocycles. The number of anilines is 1. The molecule has 4 N–H and O–H groups in total. The van der Waals surface area contributed by atoms with E-state index in [-0.39, 0.29) is 17.4 Å². The lowest BCUT2D eigenvalue weighted by Gasteiger charge is -2.16. The van der Waals surface area contributed by atoms with Crippen molar-refractivity contribution in [2.45, 2.75) is 24.7 Å². The van der Waals surface area contributed by atoms with Crippen LogP contribution >= 0.6 is 31.9 Å². The summed E-state index contributed by atoms with van der Waals surface area (Å²) in [6.07, 6.45) is 1.37. The van der Waals surface area contributed by atoms with E-state index in [4.69, 9.17) is 10.8 Å². The number of hydrogen-bond donors (Lipinski definition) is 3. The van der Waals surface area contributed by atoms with E-state index in [2.05, 4.69) is 36.6 Å². The van der Waals surface area contributed by atoms with E-state index in [0.717, 1.165) is 6.42 Å². The molecule has 0 aliphatic heterocycles. The molecule has 5 nitrogen and oxygen atoms in total. The highest BCUT2D eigenvalue weighted by atomic mass is 79.9. The number of aliphatic hydroxyl groups excluding tert-OH is 1. The van der Waals surface area contributed by atoms with Gasteiger partial charge in [0.05, 0.1) is 0 Å². The first-order chi connectivity index (χ1) is 9.31. The van der Waals surface area contributed by atoms with Crippen LogP contribution in [0, 0.1) is 5.92 Å². The monoisotopic (exact) mass is 428 g/mol. The van der Waals surface area contributed by atoms with Gasteiger partial charge in [-0.1, -0.05) is 13.3 Å². The van der Waals surface area contributed by atoms with E-state index in [9.17, 15) is 8.42 Å². The van der Waals surface area contributed by atoms with Crippen molar-refractivity contribution in [2.24, 2.45) is 5.92 Å². The molecule has 0 aromatic heterocycles. The second-order valence-electron chi connectivity index (χ2n) is 4.45. The number of rotatable bonds is 7. The van der Waals surface area contributed by atoms with Gasteiger partial charge in [-0.2, -0.15) is 0 Å². The third kappa shape index (κ3) is 4.70. The number of nitrogens with one attached hydrogen (secondary N) is 1. The number of sulfonamides is 1. The molecule has 1 aromatic rings. The number of aliphatic hydroxyl groups is 1. The van der Waals surface area contributed by atoms with Crippen LogP contribution in [0.25, 0.3) is 0 Å². The van der Waals surface area contributed by atoms with Crippen LogP contribution in [0.3, 0.4) is 0 Å². The van der Waals surface area contributed by atoms with Gasteiger partial charge in [-0.3, -0.25) is 0 Å². The number of halogens is 2. The lowest BCUT2D eigenvalue weighted by atomic mass is 10.0. The lowest BCUT2D eigenvalue weighted by molar-refractivity contribution is 0.254. The molecule has 0 spiro atoms. The molecule has 1 atom stereocenters. The quantitative estimate of drug-likeness (QED) is 0.580. The molecule has 1 unspecified atom stereocenters. The van der Waals surface area contributed by atoms with Crippen LogP contribution in [-0.2, 0) is 10.0 Å². The molecule has 0 radical (unpaired) electrons. The average molecular weight is 430 g/mol. The lowest BCUT2D eigenvalue weighted by Crippen LogP contribution is -2.30. The molecule has 0 fully saturated rings. The maximum Gasteiger partial charge on any atom is 0.242 e. The van der Waals surface area contributed by atoms with Gasteiger partial charge < -0.3 is 10.8 Å². The van der Waals surface area contributed by atoms with E-state index in [0.29, 0.717) is 27.6 Å². The fraction of sp³-hybridized carbons (Fsp3) is 0.500. The SMILES string of the molecule is CCC(CCO)CNS(=O)(=O)c1c(Br)cc(N)cc1Br. The van der Waals surface area contributed by atoms with Gasteiger partial charge in [-0.25, -0.2) is 13.1 Å². The van der Waals surface area contributed by atoms with E-state index in [1.54, 1.807) is 12.1 Å². The number of benzene rings is 1. The summed E-state index contributed by atoms with van der Waals surface area (Å²) in [4.78, 5) is 0.130. The molecule has 0 bridgehead atoms. The summed E-state index contributed by atoms with van der Waals surface area (Å²) in [5.74, 6) is 0.112. The minimum atomic E-state index is -3.64. The van der Waals surface area contributed by atoms with E-state index < -0.39 is 10.0 Å². The van der Waals surface area contributed by atoms with Crippen molar-refractivity contribution in [1.29, 1.82) is 0 Å². The molecule has 0 aliphatic carbocycles. The Morgan fingerprint density at radius 2 is 1.90 bits per heavy atom. The van der Waals surface area contributed by atoms with Gasteiger partial charge in [-0.05, 0) is 56.3 Å². The first-order valence-electron chi connectivity index (χ1n) is 6.16. The van der Waals surface area contributed by atoms with Gasteiger partial charge in [0.15, 0.2) is 0 Å². The zero-order valence-electron chi connectivity index (χ0n) is 11.1. The summed E-state index contributed by atoms with van der Waals surface area (Å²) in [6.45, 7) is 2.31. The fourth-order valence-corrected chi connectivity index (χ4v) is 5.50. The Morgan fingerprint density at radius 3 is 2.35 bits per heavy atom. The van der Waals surface area contributed by atoms with Crippen molar-refractivity contribution in [1.82, 2.24) is 4.72 Å². The summed E-state index contributed by atoms with van der Waals surface area (Å²) >= 11 is 6.44. The average Bonchev–Trinajstić information content (AvgIpc) is 2.32. The molecule has 1 aromatic carbocycles. The third-order valence-electron chi connectivity index (χ3n) is 2.97. The van der Waals surface area contributed by atoms with Crippen LogP contribution in [0.15, 0.2) is 26.0 Å². The van der Waals surface area contributed by atoms with Crippen LogP contribution in [0.2, 0.25) is 0 Å². The third-order valence-corrected chi connectivity index (χ3v) is 6.27. The first-order valence-corrected chi connectivity index (χ1v) is 9.23. The molecule has 0 heterocycles. The number of nitrogen functional groups attached to an aromatic ring is 1.